The number of hydrogen-bond donors (Lipinski definition) is 2. The Morgan fingerprint density at radius 3 is 2.79 bits per heavy atom. The quantitative estimate of drug-likeness (QED) is 0.636. The van der Waals surface area contributed by atoms with Crippen molar-refractivity contribution in [2.45, 2.75) is 13.3 Å². The van der Waals surface area contributed by atoms with Gasteiger partial charge in [0.15, 0.2) is 5.13 Å². The number of nitrogens with one attached hydrogen (secondary N) is 1. The number of thiazole rings is 1. The molecule has 3 rings (SSSR count). The highest BCUT2D eigenvalue weighted by molar-refractivity contribution is 7.18. The van der Waals surface area contributed by atoms with E-state index >= 15 is 0 Å². The third-order valence-corrected chi connectivity index (χ3v) is 4.75. The lowest BCUT2D eigenvalue weighted by Crippen LogP contribution is -2.02. The van der Waals surface area contributed by atoms with Crippen LogP contribution in [0.2, 0.25) is 5.02 Å². The zero-order valence-electron chi connectivity index (χ0n) is 13.0. The molecule has 0 amide bonds. The highest BCUT2D eigenvalue weighted by Crippen LogP contribution is 2.30. The van der Waals surface area contributed by atoms with Crippen molar-refractivity contribution in [2.24, 2.45) is 0 Å². The van der Waals surface area contributed by atoms with E-state index < -0.39 is 0 Å². The monoisotopic (exact) mass is 357 g/mol. The maximum absolute atomic E-state index is 12.6. The van der Waals surface area contributed by atoms with Gasteiger partial charge in [-0.1, -0.05) is 54.1 Å². The lowest BCUT2D eigenvalue weighted by Gasteiger charge is -2.04. The van der Waals surface area contributed by atoms with Gasteiger partial charge in [0, 0.05) is 16.3 Å². The number of aryl methyl sites for hydroxylation is 1. The van der Waals surface area contributed by atoms with Crippen LogP contribution in [-0.2, 0) is 6.42 Å². The van der Waals surface area contributed by atoms with E-state index in [2.05, 4.69) is 29.4 Å². The predicted octanol–water partition coefficient (Wildman–Crippen LogP) is 4.92. The molecule has 0 fully saturated rings. The minimum atomic E-state index is -0.178. The standard InChI is InChI=1S/C18H16ClN3OS/c1-2-11-5-3-8-14(9-11)21-18-22-17(20)16(24-18)15(23)12-6-4-7-13(19)10-12/h3-10H,2,20H2,1H3,(H,21,22). The number of nitrogens with zero attached hydrogens (tertiary/aromatic N) is 1. The second kappa shape index (κ2) is 7.03. The van der Waals surface area contributed by atoms with Crippen LogP contribution in [0.25, 0.3) is 0 Å². The van der Waals surface area contributed by atoms with Gasteiger partial charge in [-0.25, -0.2) is 4.98 Å². The molecule has 0 radical (unpaired) electrons. The van der Waals surface area contributed by atoms with Crippen molar-refractivity contribution in [1.82, 2.24) is 4.98 Å². The first-order chi connectivity index (χ1) is 11.6. The number of carbonyl (C=O) groups excluding carboxylic acids is 1. The Balaban J connectivity index is 1.86. The zero-order chi connectivity index (χ0) is 17.1. The van der Waals surface area contributed by atoms with Crippen LogP contribution in [0.3, 0.4) is 0 Å². The van der Waals surface area contributed by atoms with Crippen LogP contribution in [0.1, 0.15) is 27.7 Å². The van der Waals surface area contributed by atoms with E-state index in [9.17, 15) is 4.79 Å². The molecule has 0 aliphatic heterocycles. The smallest absolute Gasteiger partial charge is 0.206 e. The Hall–Kier alpha value is -2.37. The third-order valence-electron chi connectivity index (χ3n) is 3.53. The van der Waals surface area contributed by atoms with Gasteiger partial charge in [-0.15, -0.1) is 0 Å². The summed E-state index contributed by atoms with van der Waals surface area (Å²) in [7, 11) is 0. The number of aromatic nitrogens is 1. The average molecular weight is 358 g/mol. The molecule has 1 heterocycles. The van der Waals surface area contributed by atoms with Gasteiger partial charge < -0.3 is 11.1 Å². The molecule has 4 nitrogen and oxygen atoms in total. The number of nitrogens with two attached hydrogens (primary N) is 1. The molecule has 0 atom stereocenters. The molecule has 2 aromatic carbocycles. The van der Waals surface area contributed by atoms with Gasteiger partial charge >= 0.3 is 0 Å². The number of hydrogen-bond acceptors (Lipinski definition) is 5. The van der Waals surface area contributed by atoms with E-state index in [1.165, 1.54) is 16.9 Å². The molecule has 3 N–H and O–H groups in total. The highest BCUT2D eigenvalue weighted by atomic mass is 35.5. The number of carbonyl (C=O) groups is 1. The van der Waals surface area contributed by atoms with Gasteiger partial charge in [0.2, 0.25) is 5.78 Å². The summed E-state index contributed by atoms with van der Waals surface area (Å²) in [6, 6.07) is 14.9. The lowest BCUT2D eigenvalue weighted by molar-refractivity contribution is 0.104. The van der Waals surface area contributed by atoms with Gasteiger partial charge in [0.05, 0.1) is 0 Å². The molecule has 0 saturated heterocycles. The van der Waals surface area contributed by atoms with E-state index in [-0.39, 0.29) is 11.6 Å². The molecule has 0 aliphatic rings. The van der Waals surface area contributed by atoms with E-state index in [0.29, 0.717) is 20.6 Å². The van der Waals surface area contributed by atoms with Crippen molar-refractivity contribution in [1.29, 1.82) is 0 Å². The maximum Gasteiger partial charge on any atom is 0.206 e. The first kappa shape index (κ1) is 16.5. The van der Waals surface area contributed by atoms with Crippen LogP contribution in [0.5, 0.6) is 0 Å². The van der Waals surface area contributed by atoms with Crippen molar-refractivity contribution in [2.75, 3.05) is 11.1 Å². The molecule has 24 heavy (non-hydrogen) atoms. The number of rotatable bonds is 5. The number of anilines is 3. The van der Waals surface area contributed by atoms with Crippen molar-refractivity contribution in [3.63, 3.8) is 0 Å². The van der Waals surface area contributed by atoms with Gasteiger partial charge in [0.1, 0.15) is 10.7 Å². The predicted molar refractivity (Wildman–Crippen MR) is 101 cm³/mol. The van der Waals surface area contributed by atoms with Crippen molar-refractivity contribution in [3.05, 3.63) is 69.6 Å². The van der Waals surface area contributed by atoms with Crippen LogP contribution in [-0.4, -0.2) is 10.8 Å². The van der Waals surface area contributed by atoms with E-state index in [1.54, 1.807) is 24.3 Å². The summed E-state index contributed by atoms with van der Waals surface area (Å²) >= 11 is 7.19. The Kier molecular flexibility index (Phi) is 4.83. The summed E-state index contributed by atoms with van der Waals surface area (Å²) in [4.78, 5) is 17.3. The van der Waals surface area contributed by atoms with Crippen molar-refractivity contribution >= 4 is 45.4 Å². The van der Waals surface area contributed by atoms with Crippen LogP contribution < -0.4 is 11.1 Å². The minimum absolute atomic E-state index is 0.178. The Bertz CT molecular complexity index is 891. The van der Waals surface area contributed by atoms with Crippen LogP contribution in [0.15, 0.2) is 48.5 Å². The van der Waals surface area contributed by atoms with Crippen LogP contribution in [0, 0.1) is 0 Å². The van der Waals surface area contributed by atoms with Gasteiger partial charge in [-0.05, 0) is 36.2 Å². The molecule has 0 aliphatic carbocycles. The molecule has 0 unspecified atom stereocenters. The van der Waals surface area contributed by atoms with Crippen molar-refractivity contribution < 1.29 is 4.79 Å². The Morgan fingerprint density at radius 2 is 2.04 bits per heavy atom. The molecular weight excluding hydrogens is 342 g/mol. The van der Waals surface area contributed by atoms with Crippen LogP contribution in [0.4, 0.5) is 16.6 Å². The third kappa shape index (κ3) is 3.58. The van der Waals surface area contributed by atoms with E-state index in [0.717, 1.165) is 12.1 Å². The number of ketones is 1. The minimum Gasteiger partial charge on any atom is -0.382 e. The fourth-order valence-corrected chi connectivity index (χ4v) is 3.36. The molecule has 1 aromatic heterocycles. The maximum atomic E-state index is 12.6. The second-order valence-corrected chi connectivity index (χ2v) is 6.69. The van der Waals surface area contributed by atoms with Crippen LogP contribution >= 0.6 is 22.9 Å². The van der Waals surface area contributed by atoms with Gasteiger partial charge in [-0.2, -0.15) is 0 Å². The van der Waals surface area contributed by atoms with E-state index in [1.807, 2.05) is 12.1 Å². The number of benzene rings is 2. The molecule has 0 bridgehead atoms. The summed E-state index contributed by atoms with van der Waals surface area (Å²) in [5.74, 6) is 0.0435. The molecular formula is C18H16ClN3OS. The molecule has 3 aromatic rings. The first-order valence-electron chi connectivity index (χ1n) is 7.49. The summed E-state index contributed by atoms with van der Waals surface area (Å²) in [5.41, 5.74) is 8.57. The normalized spacial score (nSPS) is 10.6. The number of halogens is 1. The number of nitrogen functional groups attached to an aromatic ring is 1. The summed E-state index contributed by atoms with van der Waals surface area (Å²) in [6.07, 6.45) is 0.952. The second-order valence-electron chi connectivity index (χ2n) is 5.25. The SMILES string of the molecule is CCc1cccc(Nc2nc(N)c(C(=O)c3cccc(Cl)c3)s2)c1. The van der Waals surface area contributed by atoms with Crippen molar-refractivity contribution in [3.8, 4) is 0 Å². The molecule has 122 valence electrons. The first-order valence-corrected chi connectivity index (χ1v) is 8.69. The molecule has 6 heteroatoms. The Morgan fingerprint density at radius 1 is 1.25 bits per heavy atom. The van der Waals surface area contributed by atoms with Gasteiger partial charge in [0.25, 0.3) is 0 Å². The van der Waals surface area contributed by atoms with E-state index in [4.69, 9.17) is 17.3 Å². The average Bonchev–Trinajstić information content (AvgIpc) is 2.94. The fourth-order valence-electron chi connectivity index (χ4n) is 2.30. The summed E-state index contributed by atoms with van der Waals surface area (Å²) in [6.45, 7) is 2.10. The highest BCUT2D eigenvalue weighted by Gasteiger charge is 2.18. The lowest BCUT2D eigenvalue weighted by atomic mass is 10.1. The topological polar surface area (TPSA) is 68.0 Å². The molecule has 0 saturated carbocycles. The summed E-state index contributed by atoms with van der Waals surface area (Å²) in [5, 5.41) is 4.31. The largest absolute Gasteiger partial charge is 0.382 e. The molecule has 0 spiro atoms. The Labute approximate surface area is 149 Å². The zero-order valence-corrected chi connectivity index (χ0v) is 14.6. The fraction of sp³-hybridized carbons (Fsp3) is 0.111. The summed E-state index contributed by atoms with van der Waals surface area (Å²) < 4.78 is 0. The van der Waals surface area contributed by atoms with Gasteiger partial charge in [-0.3, -0.25) is 4.79 Å².